The Labute approximate surface area is 86.8 Å². The monoisotopic (exact) mass is 191 g/mol. The van der Waals surface area contributed by atoms with Crippen LogP contribution in [0.2, 0.25) is 0 Å². The van der Waals surface area contributed by atoms with Crippen molar-refractivity contribution in [2.24, 2.45) is 23.0 Å². The lowest BCUT2D eigenvalue weighted by molar-refractivity contribution is -0.0201. The summed E-state index contributed by atoms with van der Waals surface area (Å²) in [6.45, 7) is 4.86. The number of rotatable bonds is 1. The predicted octanol–water partition coefficient (Wildman–Crippen LogP) is 2.86. The summed E-state index contributed by atoms with van der Waals surface area (Å²) < 4.78 is 0. The van der Waals surface area contributed by atoms with E-state index in [0.717, 1.165) is 11.8 Å². The fraction of sp³-hybridized carbons (Fsp3) is 0.846. The third-order valence-electron chi connectivity index (χ3n) is 5.29. The Kier molecular flexibility index (Phi) is 1.56. The van der Waals surface area contributed by atoms with E-state index in [1.807, 2.05) is 0 Å². The Morgan fingerprint density at radius 2 is 2.07 bits per heavy atom. The van der Waals surface area contributed by atoms with Crippen molar-refractivity contribution >= 4 is 0 Å². The molecule has 2 unspecified atom stereocenters. The van der Waals surface area contributed by atoms with Crippen molar-refractivity contribution in [1.29, 1.82) is 0 Å². The van der Waals surface area contributed by atoms with Crippen molar-refractivity contribution < 1.29 is 0 Å². The lowest BCUT2D eigenvalue weighted by Crippen LogP contribution is -2.58. The van der Waals surface area contributed by atoms with Gasteiger partial charge in [-0.1, -0.05) is 25.5 Å². The van der Waals surface area contributed by atoms with Crippen LogP contribution in [0.4, 0.5) is 0 Å². The van der Waals surface area contributed by atoms with Crippen molar-refractivity contribution in [3.63, 3.8) is 0 Å². The van der Waals surface area contributed by atoms with Crippen LogP contribution < -0.4 is 5.73 Å². The molecular weight excluding hydrogens is 170 g/mol. The van der Waals surface area contributed by atoms with E-state index in [1.165, 1.54) is 32.1 Å². The SMILES string of the molecule is CC1(C)C2CC=C(C3(N)CCC3)C1C2. The highest BCUT2D eigenvalue weighted by Gasteiger charge is 2.55. The van der Waals surface area contributed by atoms with Crippen molar-refractivity contribution in [3.8, 4) is 0 Å². The van der Waals surface area contributed by atoms with Crippen molar-refractivity contribution in [2.75, 3.05) is 0 Å². The standard InChI is InChI=1S/C13H21N/c1-12(2)9-4-5-10(11(12)8-9)13(14)6-3-7-13/h5,9,11H,3-4,6-8,14H2,1-2H3. The van der Waals surface area contributed by atoms with E-state index in [0.29, 0.717) is 5.41 Å². The fourth-order valence-electron chi connectivity index (χ4n) is 3.75. The van der Waals surface area contributed by atoms with Crippen molar-refractivity contribution in [1.82, 2.24) is 0 Å². The van der Waals surface area contributed by atoms with E-state index >= 15 is 0 Å². The Morgan fingerprint density at radius 1 is 1.36 bits per heavy atom. The molecule has 0 saturated heterocycles. The lowest BCUT2D eigenvalue weighted by Gasteiger charge is -2.60. The van der Waals surface area contributed by atoms with Gasteiger partial charge in [-0.25, -0.2) is 0 Å². The highest BCUT2D eigenvalue weighted by Crippen LogP contribution is 2.62. The molecule has 14 heavy (non-hydrogen) atoms. The van der Waals surface area contributed by atoms with Gasteiger partial charge in [0.05, 0.1) is 0 Å². The summed E-state index contributed by atoms with van der Waals surface area (Å²) in [6, 6.07) is 0. The van der Waals surface area contributed by atoms with Crippen molar-refractivity contribution in [3.05, 3.63) is 11.6 Å². The molecule has 0 aromatic rings. The van der Waals surface area contributed by atoms with Gasteiger partial charge < -0.3 is 5.73 Å². The number of hydrogen-bond donors (Lipinski definition) is 1. The molecular formula is C13H21N. The zero-order valence-electron chi connectivity index (χ0n) is 9.34. The van der Waals surface area contributed by atoms with Gasteiger partial charge >= 0.3 is 0 Å². The van der Waals surface area contributed by atoms with Crippen LogP contribution in [0.25, 0.3) is 0 Å². The molecule has 4 rings (SSSR count). The Balaban J connectivity index is 1.91. The molecule has 78 valence electrons. The number of hydrogen-bond acceptors (Lipinski definition) is 1. The zero-order chi connectivity index (χ0) is 9.97. The second-order valence-electron chi connectivity index (χ2n) is 6.21. The topological polar surface area (TPSA) is 26.0 Å². The van der Waals surface area contributed by atoms with E-state index in [4.69, 9.17) is 5.73 Å². The maximum absolute atomic E-state index is 6.45. The van der Waals surface area contributed by atoms with E-state index in [-0.39, 0.29) is 5.54 Å². The van der Waals surface area contributed by atoms with Gasteiger partial charge in [-0.15, -0.1) is 0 Å². The molecule has 0 aliphatic heterocycles. The Bertz CT molecular complexity index is 296. The summed E-state index contributed by atoms with van der Waals surface area (Å²) in [7, 11) is 0. The summed E-state index contributed by atoms with van der Waals surface area (Å²) in [6.07, 6.45) is 8.98. The molecule has 4 aliphatic carbocycles. The third kappa shape index (κ3) is 0.894. The van der Waals surface area contributed by atoms with Crippen LogP contribution in [0.1, 0.15) is 46.0 Å². The van der Waals surface area contributed by atoms with Gasteiger partial charge in [-0.05, 0) is 49.4 Å². The molecule has 1 nitrogen and oxygen atoms in total. The quantitative estimate of drug-likeness (QED) is 0.634. The summed E-state index contributed by atoms with van der Waals surface area (Å²) >= 11 is 0. The number of allylic oxidation sites excluding steroid dienone is 1. The van der Waals surface area contributed by atoms with E-state index in [2.05, 4.69) is 19.9 Å². The second-order valence-corrected chi connectivity index (χ2v) is 6.21. The first kappa shape index (κ1) is 8.96. The van der Waals surface area contributed by atoms with Crippen LogP contribution >= 0.6 is 0 Å². The molecule has 2 saturated carbocycles. The Hall–Kier alpha value is -0.300. The molecule has 0 amide bonds. The molecule has 2 fully saturated rings. The first-order chi connectivity index (χ1) is 6.54. The van der Waals surface area contributed by atoms with Gasteiger partial charge in [0.15, 0.2) is 0 Å². The highest BCUT2D eigenvalue weighted by atomic mass is 14.8. The summed E-state index contributed by atoms with van der Waals surface area (Å²) in [4.78, 5) is 0. The van der Waals surface area contributed by atoms with E-state index < -0.39 is 0 Å². The maximum Gasteiger partial charge on any atom is 0.0371 e. The summed E-state index contributed by atoms with van der Waals surface area (Å²) in [5, 5.41) is 0. The van der Waals surface area contributed by atoms with Gasteiger partial charge in [0.1, 0.15) is 0 Å². The smallest absolute Gasteiger partial charge is 0.0371 e. The van der Waals surface area contributed by atoms with E-state index in [1.54, 1.807) is 5.57 Å². The zero-order valence-corrected chi connectivity index (χ0v) is 9.34. The first-order valence-corrected chi connectivity index (χ1v) is 6.03. The largest absolute Gasteiger partial charge is 0.322 e. The van der Waals surface area contributed by atoms with Gasteiger partial charge in [0.25, 0.3) is 0 Å². The molecule has 0 heterocycles. The molecule has 0 spiro atoms. The molecule has 2 atom stereocenters. The molecule has 2 bridgehead atoms. The van der Waals surface area contributed by atoms with Gasteiger partial charge in [-0.2, -0.15) is 0 Å². The minimum Gasteiger partial charge on any atom is -0.322 e. The minimum atomic E-state index is 0.118. The molecule has 0 aromatic heterocycles. The average Bonchev–Trinajstić information content (AvgIpc) is 2.14. The highest BCUT2D eigenvalue weighted by molar-refractivity contribution is 5.33. The van der Waals surface area contributed by atoms with Gasteiger partial charge in [0, 0.05) is 5.54 Å². The van der Waals surface area contributed by atoms with Crippen LogP contribution in [-0.2, 0) is 0 Å². The van der Waals surface area contributed by atoms with Gasteiger partial charge in [0.2, 0.25) is 0 Å². The fourth-order valence-corrected chi connectivity index (χ4v) is 3.75. The molecule has 1 heteroatoms. The average molecular weight is 191 g/mol. The van der Waals surface area contributed by atoms with Crippen LogP contribution in [0.15, 0.2) is 11.6 Å². The molecule has 2 N–H and O–H groups in total. The normalized spacial score (nSPS) is 42.1. The van der Waals surface area contributed by atoms with Crippen LogP contribution in [0, 0.1) is 17.3 Å². The van der Waals surface area contributed by atoms with Crippen LogP contribution in [-0.4, -0.2) is 5.54 Å². The molecule has 0 radical (unpaired) electrons. The van der Waals surface area contributed by atoms with Crippen LogP contribution in [0.3, 0.4) is 0 Å². The summed E-state index contributed by atoms with van der Waals surface area (Å²) in [5.74, 6) is 1.76. The van der Waals surface area contributed by atoms with E-state index in [9.17, 15) is 0 Å². The minimum absolute atomic E-state index is 0.118. The molecule has 0 aromatic carbocycles. The van der Waals surface area contributed by atoms with Crippen LogP contribution in [0.5, 0.6) is 0 Å². The third-order valence-corrected chi connectivity index (χ3v) is 5.29. The first-order valence-electron chi connectivity index (χ1n) is 6.03. The predicted molar refractivity (Wildman–Crippen MR) is 58.8 cm³/mol. The number of fused-ring (bicyclic) bond motifs is 1. The second kappa shape index (κ2) is 2.44. The Morgan fingerprint density at radius 3 is 2.50 bits per heavy atom. The lowest BCUT2D eigenvalue weighted by atomic mass is 9.45. The summed E-state index contributed by atoms with van der Waals surface area (Å²) in [5.41, 5.74) is 8.73. The maximum atomic E-state index is 6.45. The molecule has 4 aliphatic rings. The van der Waals surface area contributed by atoms with Crippen molar-refractivity contribution in [2.45, 2.75) is 51.5 Å². The van der Waals surface area contributed by atoms with Gasteiger partial charge in [-0.3, -0.25) is 0 Å². The number of nitrogens with two attached hydrogens (primary N) is 1.